The fraction of sp³-hybridized carbons (Fsp3) is 0.757. The summed E-state index contributed by atoms with van der Waals surface area (Å²) < 4.78 is 31.0. The summed E-state index contributed by atoms with van der Waals surface area (Å²) in [5.41, 5.74) is -7.00. The minimum absolute atomic E-state index is 0.0667. The number of fused-ring (bicyclic) bond motifs is 2. The van der Waals surface area contributed by atoms with Crippen molar-refractivity contribution in [3.8, 4) is 0 Å². The Kier molecular flexibility index (Phi) is 7.79. The highest BCUT2D eigenvalue weighted by Gasteiger charge is 2.95. The Balaban J connectivity index is 1.26. The molecular formula is C37H50N2O11. The Morgan fingerprint density at radius 1 is 0.960 bits per heavy atom. The molecule has 1 spiro atoms. The molecule has 13 nitrogen and oxygen atoms in total. The van der Waals surface area contributed by atoms with Gasteiger partial charge in [-0.25, -0.2) is 9.69 Å². The van der Waals surface area contributed by atoms with E-state index < -0.39 is 81.8 Å². The smallest absolute Gasteiger partial charge is 0.340 e. The van der Waals surface area contributed by atoms with Crippen LogP contribution in [0.1, 0.15) is 56.3 Å². The van der Waals surface area contributed by atoms with Crippen LogP contribution < -0.4 is 4.90 Å². The number of methoxy groups -OCH3 is 4. The first kappa shape index (κ1) is 34.6. The molecule has 7 bridgehead atoms. The Bertz CT molecular complexity index is 1610. The SMILES string of the molecule is CCN1C[C@]2(COC(=O)c3ccccc3N3C(=O)C[C@@H](C)C3=O)CC[C@@H](OC)[C@]34[C@@H]2[C@H](OC)[C@](O)([C@@H]13)[C@]1(O)C[C@H](OC)[C@H]2C[C@]4(O)[C@@H]1[C@H]2OC. The molecule has 2 aliphatic heterocycles. The molecule has 274 valence electrons. The summed E-state index contributed by atoms with van der Waals surface area (Å²) in [6, 6.07) is 5.71. The number of hydrogen-bond acceptors (Lipinski definition) is 12. The third kappa shape index (κ3) is 3.73. The van der Waals surface area contributed by atoms with Gasteiger partial charge in [0, 0.05) is 76.9 Å². The Morgan fingerprint density at radius 2 is 1.70 bits per heavy atom. The van der Waals surface area contributed by atoms with E-state index in [4.69, 9.17) is 23.7 Å². The summed E-state index contributed by atoms with van der Waals surface area (Å²) >= 11 is 0. The number of esters is 1. The first-order chi connectivity index (χ1) is 23.8. The third-order valence-corrected chi connectivity index (χ3v) is 14.6. The molecule has 7 fully saturated rings. The van der Waals surface area contributed by atoms with E-state index >= 15 is 0 Å². The molecule has 13 heteroatoms. The zero-order valence-electron chi connectivity index (χ0n) is 29.7. The van der Waals surface area contributed by atoms with E-state index in [1.54, 1.807) is 52.5 Å². The number of carbonyl (C=O) groups excluding carboxylic acids is 3. The topological polar surface area (TPSA) is 165 Å². The van der Waals surface area contributed by atoms with Crippen LogP contribution in [0, 0.1) is 34.5 Å². The first-order valence-electron chi connectivity index (χ1n) is 18.0. The Labute approximate surface area is 292 Å². The lowest BCUT2D eigenvalue weighted by atomic mass is 9.41. The quantitative estimate of drug-likeness (QED) is 0.249. The van der Waals surface area contributed by atoms with E-state index in [1.165, 1.54) is 7.11 Å². The number of benzene rings is 1. The maximum Gasteiger partial charge on any atom is 0.340 e. The average molecular weight is 699 g/mol. The van der Waals surface area contributed by atoms with Gasteiger partial charge < -0.3 is 39.0 Å². The molecule has 2 amide bonds. The summed E-state index contributed by atoms with van der Waals surface area (Å²) in [5.74, 6) is -3.61. The number of nitrogens with zero attached hydrogens (tertiary/aromatic N) is 2. The molecule has 5 aliphatic carbocycles. The van der Waals surface area contributed by atoms with Gasteiger partial charge in [0.1, 0.15) is 11.2 Å². The zero-order chi connectivity index (χ0) is 35.8. The van der Waals surface area contributed by atoms with Crippen LogP contribution in [0.3, 0.4) is 0 Å². The monoisotopic (exact) mass is 698 g/mol. The standard InChI is InChI=1S/C37H50N2O11/c1-7-38-17-33(18-50-31(42)20-10-8-9-11-22(20)39-25(40)14-19(2)30(39)41)13-12-24(47-4)36-28(33)29(49-6)37(45,32(36)38)35(44)16-23(46-3)21-15-34(36,43)27(35)26(21)48-5/h8-11,19,21,23-24,26-29,32,43-45H,7,12-18H2,1-6H3/t19-,21-,23+,24-,26+,27+,28-,29+,32+,33+,34+,35+,36+,37+/m1/s1. The second-order valence-electron chi connectivity index (χ2n) is 16.1. The predicted octanol–water partition coefficient (Wildman–Crippen LogP) is 1.15. The van der Waals surface area contributed by atoms with Crippen molar-refractivity contribution in [1.29, 1.82) is 0 Å². The maximum absolute atomic E-state index is 14.1. The summed E-state index contributed by atoms with van der Waals surface area (Å²) in [6.45, 7) is 4.48. The van der Waals surface area contributed by atoms with Crippen LogP contribution in [0.25, 0.3) is 0 Å². The number of para-hydroxylation sites is 1. The largest absolute Gasteiger partial charge is 0.461 e. The number of ether oxygens (including phenoxy) is 5. The van der Waals surface area contributed by atoms with Crippen LogP contribution in [-0.2, 0) is 33.3 Å². The van der Waals surface area contributed by atoms with E-state index in [9.17, 15) is 29.7 Å². The van der Waals surface area contributed by atoms with Gasteiger partial charge in [-0.3, -0.25) is 14.5 Å². The molecule has 3 N–H and O–H groups in total. The van der Waals surface area contributed by atoms with Gasteiger partial charge in [0.25, 0.3) is 0 Å². The number of imide groups is 1. The number of aliphatic hydroxyl groups is 3. The molecule has 5 saturated carbocycles. The van der Waals surface area contributed by atoms with Crippen molar-refractivity contribution in [3.63, 3.8) is 0 Å². The van der Waals surface area contributed by atoms with Crippen LogP contribution in [0.15, 0.2) is 24.3 Å². The maximum atomic E-state index is 14.1. The molecule has 2 saturated heterocycles. The number of amides is 2. The summed E-state index contributed by atoms with van der Waals surface area (Å²) in [5, 5.41) is 40.2. The summed E-state index contributed by atoms with van der Waals surface area (Å²) in [7, 11) is 6.33. The fourth-order valence-electron chi connectivity index (χ4n) is 13.2. The van der Waals surface area contributed by atoms with Crippen LogP contribution >= 0.6 is 0 Å². The number of hydrogen-bond donors (Lipinski definition) is 3. The van der Waals surface area contributed by atoms with Crippen molar-refractivity contribution in [2.75, 3.05) is 53.0 Å². The second kappa shape index (κ2) is 11.3. The highest BCUT2D eigenvalue weighted by molar-refractivity contribution is 6.22. The number of rotatable bonds is 9. The van der Waals surface area contributed by atoms with Gasteiger partial charge in [0.15, 0.2) is 0 Å². The molecule has 14 atom stereocenters. The molecule has 0 unspecified atom stereocenters. The first-order valence-corrected chi connectivity index (χ1v) is 18.0. The predicted molar refractivity (Wildman–Crippen MR) is 176 cm³/mol. The average Bonchev–Trinajstić information content (AvgIpc) is 3.60. The van der Waals surface area contributed by atoms with Crippen molar-refractivity contribution in [2.24, 2.45) is 34.5 Å². The highest BCUT2D eigenvalue weighted by atomic mass is 16.5. The van der Waals surface area contributed by atoms with Gasteiger partial charge in [-0.1, -0.05) is 26.0 Å². The van der Waals surface area contributed by atoms with Gasteiger partial charge in [-0.15, -0.1) is 0 Å². The van der Waals surface area contributed by atoms with E-state index in [-0.39, 0.29) is 54.9 Å². The van der Waals surface area contributed by atoms with Gasteiger partial charge >= 0.3 is 5.97 Å². The van der Waals surface area contributed by atoms with Crippen molar-refractivity contribution in [2.45, 2.75) is 93.2 Å². The molecule has 0 radical (unpaired) electrons. The number of anilines is 1. The van der Waals surface area contributed by atoms with Gasteiger partial charge in [0.2, 0.25) is 11.8 Å². The van der Waals surface area contributed by atoms with E-state index in [0.29, 0.717) is 25.9 Å². The molecule has 2 heterocycles. The van der Waals surface area contributed by atoms with E-state index in [1.807, 2.05) is 6.92 Å². The molecule has 1 aromatic rings. The lowest BCUT2D eigenvalue weighted by Crippen LogP contribution is -2.86. The molecule has 1 aromatic carbocycles. The van der Waals surface area contributed by atoms with E-state index in [0.717, 1.165) is 4.90 Å². The fourth-order valence-corrected chi connectivity index (χ4v) is 13.2. The number of piperidine rings is 1. The van der Waals surface area contributed by atoms with Crippen molar-refractivity contribution in [3.05, 3.63) is 29.8 Å². The lowest BCUT2D eigenvalue weighted by Gasteiger charge is -2.72. The van der Waals surface area contributed by atoms with Crippen LogP contribution in [0.5, 0.6) is 0 Å². The van der Waals surface area contributed by atoms with Crippen molar-refractivity contribution >= 4 is 23.5 Å². The normalized spacial score (nSPS) is 48.7. The van der Waals surface area contributed by atoms with Crippen LogP contribution in [0.2, 0.25) is 0 Å². The molecular weight excluding hydrogens is 648 g/mol. The summed E-state index contributed by atoms with van der Waals surface area (Å²) in [6.07, 6.45) is -1.09. The third-order valence-electron chi connectivity index (χ3n) is 14.6. The highest BCUT2D eigenvalue weighted by Crippen LogP contribution is 2.81. The van der Waals surface area contributed by atoms with Gasteiger partial charge in [-0.2, -0.15) is 0 Å². The van der Waals surface area contributed by atoms with Crippen LogP contribution in [-0.4, -0.2) is 133 Å². The van der Waals surface area contributed by atoms with Crippen LogP contribution in [0.4, 0.5) is 5.69 Å². The molecule has 7 aliphatic rings. The zero-order valence-corrected chi connectivity index (χ0v) is 29.7. The number of carbonyl (C=O) groups is 3. The van der Waals surface area contributed by atoms with Gasteiger partial charge in [0.05, 0.1) is 59.3 Å². The van der Waals surface area contributed by atoms with Crippen molar-refractivity contribution < 1.29 is 53.4 Å². The van der Waals surface area contributed by atoms with E-state index in [2.05, 4.69) is 4.90 Å². The van der Waals surface area contributed by atoms with Gasteiger partial charge in [-0.05, 0) is 37.9 Å². The minimum atomic E-state index is -1.88. The molecule has 0 aromatic heterocycles. The Hall–Kier alpha value is -2.49. The lowest BCUT2D eigenvalue weighted by molar-refractivity contribution is -0.357. The van der Waals surface area contributed by atoms with Crippen molar-refractivity contribution in [1.82, 2.24) is 4.90 Å². The second-order valence-corrected chi connectivity index (χ2v) is 16.1. The Morgan fingerprint density at radius 3 is 2.32 bits per heavy atom. The molecule has 50 heavy (non-hydrogen) atoms. The molecule has 8 rings (SSSR count). The summed E-state index contributed by atoms with van der Waals surface area (Å²) in [4.78, 5) is 43.1. The number of likely N-dealkylation sites (tertiary alicyclic amines) is 1. The minimum Gasteiger partial charge on any atom is -0.461 e. The number of likely N-dealkylation sites (N-methyl/N-ethyl adjacent to an activating group) is 1.